The molecule has 0 spiro atoms. The molecule has 0 bridgehead atoms. The second-order valence-corrected chi connectivity index (χ2v) is 9.58. The molecule has 170 valence electrons. The van der Waals surface area contributed by atoms with Gasteiger partial charge in [0.2, 0.25) is 0 Å². The molecule has 1 atom stereocenters. The number of unbranched alkanes of at least 4 members (excludes halogenated alkanes) is 2. The third-order valence-electron chi connectivity index (χ3n) is 5.68. The second kappa shape index (κ2) is 12.5. The van der Waals surface area contributed by atoms with Gasteiger partial charge in [0.25, 0.3) is 0 Å². The molecule has 2 nitrogen and oxygen atoms in total. The zero-order chi connectivity index (χ0) is 21.7. The van der Waals surface area contributed by atoms with Crippen LogP contribution in [-0.2, 0) is 0 Å². The van der Waals surface area contributed by atoms with Gasteiger partial charge in [0.05, 0.1) is 16.1 Å². The van der Waals surface area contributed by atoms with Gasteiger partial charge in [0.15, 0.2) is 0 Å². The van der Waals surface area contributed by atoms with Crippen molar-refractivity contribution < 1.29 is 5.11 Å². The lowest BCUT2D eigenvalue weighted by molar-refractivity contribution is 0.112. The summed E-state index contributed by atoms with van der Waals surface area (Å²) in [6.07, 6.45) is 6.10. The highest BCUT2D eigenvalue weighted by atomic mass is 35.5. The highest BCUT2D eigenvalue weighted by molar-refractivity contribution is 7.98. The maximum Gasteiger partial charge on any atom is 0.0923 e. The van der Waals surface area contributed by atoms with Gasteiger partial charge in [-0.15, -0.1) is 24.2 Å². The van der Waals surface area contributed by atoms with Crippen LogP contribution in [0.3, 0.4) is 0 Å². The number of thioether (sulfide) groups is 1. The van der Waals surface area contributed by atoms with Crippen LogP contribution in [0.5, 0.6) is 0 Å². The average molecular weight is 501 g/mol. The number of halogens is 3. The summed E-state index contributed by atoms with van der Waals surface area (Å²) in [5, 5.41) is 16.6. The van der Waals surface area contributed by atoms with Gasteiger partial charge in [-0.25, -0.2) is 0 Å². The van der Waals surface area contributed by atoms with E-state index in [0.717, 1.165) is 65.9 Å². The normalized spacial score (nSPS) is 12.5. The summed E-state index contributed by atoms with van der Waals surface area (Å²) in [5.74, 6) is 0. The first-order valence-electron chi connectivity index (χ1n) is 10.8. The number of nitrogens with zero attached hydrogens (tertiary/aromatic N) is 1. The SMILES string of the molecule is CCCCN(CCCC)CC(O)c1cc2cc(SC)ccc2c2cc(Cl)c(Cl)cc12.Cl. The Balaban J connectivity index is 0.00000341. The van der Waals surface area contributed by atoms with Crippen molar-refractivity contribution in [3.8, 4) is 0 Å². The van der Waals surface area contributed by atoms with E-state index in [1.807, 2.05) is 12.1 Å². The highest BCUT2D eigenvalue weighted by Crippen LogP contribution is 2.38. The van der Waals surface area contributed by atoms with Crippen LogP contribution in [0, 0.1) is 0 Å². The standard InChI is InChI=1S/C25H31Cl2NOS.ClH/c1-4-6-10-28(11-7-5-2)16-25(29)22-13-17-12-18(30-3)8-9-19(17)20-14-23(26)24(27)15-21(20)22;/h8-9,12-15,25,29H,4-7,10-11,16H2,1-3H3;1H. The van der Waals surface area contributed by atoms with E-state index in [2.05, 4.69) is 49.3 Å². The molecule has 0 saturated heterocycles. The van der Waals surface area contributed by atoms with E-state index in [4.69, 9.17) is 23.2 Å². The minimum atomic E-state index is -0.583. The number of rotatable bonds is 10. The van der Waals surface area contributed by atoms with Gasteiger partial charge in [-0.1, -0.05) is 56.0 Å². The van der Waals surface area contributed by atoms with Gasteiger partial charge >= 0.3 is 0 Å². The fourth-order valence-electron chi connectivity index (χ4n) is 3.96. The molecule has 0 aromatic heterocycles. The number of fused-ring (bicyclic) bond motifs is 3. The Labute approximate surface area is 206 Å². The molecule has 0 saturated carbocycles. The molecule has 31 heavy (non-hydrogen) atoms. The van der Waals surface area contributed by atoms with E-state index in [9.17, 15) is 5.11 Å². The van der Waals surface area contributed by atoms with Crippen LogP contribution < -0.4 is 0 Å². The van der Waals surface area contributed by atoms with Gasteiger partial charge in [-0.2, -0.15) is 0 Å². The Bertz CT molecular complexity index is 1000. The molecule has 3 aromatic carbocycles. The smallest absolute Gasteiger partial charge is 0.0923 e. The molecule has 0 amide bonds. The number of aliphatic hydroxyl groups excluding tert-OH is 1. The van der Waals surface area contributed by atoms with E-state index >= 15 is 0 Å². The van der Waals surface area contributed by atoms with E-state index in [-0.39, 0.29) is 12.4 Å². The van der Waals surface area contributed by atoms with Crippen molar-refractivity contribution in [2.75, 3.05) is 25.9 Å². The number of hydrogen-bond acceptors (Lipinski definition) is 3. The molecule has 0 heterocycles. The lowest BCUT2D eigenvalue weighted by Gasteiger charge is -2.26. The molecule has 3 rings (SSSR count). The third-order valence-corrected chi connectivity index (χ3v) is 7.12. The van der Waals surface area contributed by atoms with Crippen molar-refractivity contribution >= 4 is 68.9 Å². The van der Waals surface area contributed by atoms with Crippen LogP contribution in [0.2, 0.25) is 10.0 Å². The minimum absolute atomic E-state index is 0. The van der Waals surface area contributed by atoms with Crippen LogP contribution in [-0.4, -0.2) is 35.9 Å². The van der Waals surface area contributed by atoms with Gasteiger partial charge < -0.3 is 10.0 Å². The molecule has 0 fully saturated rings. The van der Waals surface area contributed by atoms with E-state index in [0.29, 0.717) is 16.6 Å². The Morgan fingerprint density at radius 3 is 2.10 bits per heavy atom. The molecule has 0 aliphatic carbocycles. The predicted octanol–water partition coefficient (Wildman–Crippen LogP) is 8.38. The molecule has 6 heteroatoms. The maximum atomic E-state index is 11.3. The number of hydrogen-bond donors (Lipinski definition) is 1. The Kier molecular flexibility index (Phi) is 10.7. The van der Waals surface area contributed by atoms with Crippen molar-refractivity contribution in [2.24, 2.45) is 0 Å². The molecule has 1 N–H and O–H groups in total. The molecule has 0 radical (unpaired) electrons. The maximum absolute atomic E-state index is 11.3. The summed E-state index contributed by atoms with van der Waals surface area (Å²) < 4.78 is 0. The van der Waals surface area contributed by atoms with Crippen molar-refractivity contribution in [3.05, 3.63) is 52.0 Å². The summed E-state index contributed by atoms with van der Waals surface area (Å²) in [7, 11) is 0. The monoisotopic (exact) mass is 499 g/mol. The lowest BCUT2D eigenvalue weighted by Crippen LogP contribution is -2.30. The van der Waals surface area contributed by atoms with E-state index in [1.54, 1.807) is 11.8 Å². The zero-order valence-electron chi connectivity index (χ0n) is 18.5. The first kappa shape index (κ1) is 26.6. The summed E-state index contributed by atoms with van der Waals surface area (Å²) in [6.45, 7) is 7.08. The summed E-state index contributed by atoms with van der Waals surface area (Å²) in [5.41, 5.74) is 0.923. The van der Waals surface area contributed by atoms with E-state index in [1.165, 1.54) is 4.90 Å². The number of benzene rings is 3. The topological polar surface area (TPSA) is 23.5 Å². The lowest BCUT2D eigenvalue weighted by atomic mass is 9.94. The molecule has 1 unspecified atom stereocenters. The highest BCUT2D eigenvalue weighted by Gasteiger charge is 2.18. The molecule has 0 aliphatic rings. The summed E-state index contributed by atoms with van der Waals surface area (Å²) >= 11 is 14.5. The largest absolute Gasteiger partial charge is 0.387 e. The van der Waals surface area contributed by atoms with Crippen LogP contribution in [0.15, 0.2) is 41.3 Å². The zero-order valence-corrected chi connectivity index (χ0v) is 21.6. The third kappa shape index (κ3) is 6.43. The summed E-state index contributed by atoms with van der Waals surface area (Å²) in [6, 6.07) is 12.4. The van der Waals surface area contributed by atoms with Crippen molar-refractivity contribution in [1.29, 1.82) is 0 Å². The average Bonchev–Trinajstić information content (AvgIpc) is 2.75. The molecule has 3 aromatic rings. The number of aliphatic hydroxyl groups is 1. The van der Waals surface area contributed by atoms with Gasteiger partial charge in [0, 0.05) is 11.4 Å². The second-order valence-electron chi connectivity index (χ2n) is 7.89. The van der Waals surface area contributed by atoms with Gasteiger partial charge in [-0.05, 0) is 89.6 Å². The quantitative estimate of drug-likeness (QED) is 0.223. The van der Waals surface area contributed by atoms with Crippen LogP contribution >= 0.6 is 47.4 Å². The predicted molar refractivity (Wildman–Crippen MR) is 142 cm³/mol. The molecular formula is C25H32Cl3NOS. The first-order valence-corrected chi connectivity index (χ1v) is 12.8. The van der Waals surface area contributed by atoms with Crippen molar-refractivity contribution in [1.82, 2.24) is 4.90 Å². The fourth-order valence-corrected chi connectivity index (χ4v) is 4.74. The van der Waals surface area contributed by atoms with Crippen molar-refractivity contribution in [2.45, 2.75) is 50.5 Å². The Morgan fingerprint density at radius 2 is 1.52 bits per heavy atom. The molecule has 0 aliphatic heterocycles. The van der Waals surface area contributed by atoms with Crippen molar-refractivity contribution in [3.63, 3.8) is 0 Å². The van der Waals surface area contributed by atoms with Gasteiger partial charge in [0.1, 0.15) is 0 Å². The minimum Gasteiger partial charge on any atom is -0.387 e. The van der Waals surface area contributed by atoms with Crippen LogP contribution in [0.25, 0.3) is 21.5 Å². The van der Waals surface area contributed by atoms with Crippen LogP contribution in [0.4, 0.5) is 0 Å². The Morgan fingerprint density at radius 1 is 0.903 bits per heavy atom. The summed E-state index contributed by atoms with van der Waals surface area (Å²) in [4.78, 5) is 3.60. The van der Waals surface area contributed by atoms with Crippen LogP contribution in [0.1, 0.15) is 51.2 Å². The van der Waals surface area contributed by atoms with E-state index < -0.39 is 6.10 Å². The fraction of sp³-hybridized carbons (Fsp3) is 0.440. The first-order chi connectivity index (χ1) is 14.5. The Hall–Kier alpha value is -0.680. The van der Waals surface area contributed by atoms with Gasteiger partial charge in [-0.3, -0.25) is 0 Å². The molecular weight excluding hydrogens is 469 g/mol.